The molecule has 0 bridgehead atoms. The zero-order valence-corrected chi connectivity index (χ0v) is 9.98. The van der Waals surface area contributed by atoms with E-state index in [1.165, 1.54) is 12.1 Å². The Morgan fingerprint density at radius 3 is 2.37 bits per heavy atom. The van der Waals surface area contributed by atoms with Gasteiger partial charge in [0.15, 0.2) is 0 Å². The number of aliphatic hydroxyl groups is 1. The Balaban J connectivity index is 1.99. The maximum absolute atomic E-state index is 10.6. The van der Waals surface area contributed by atoms with Crippen molar-refractivity contribution in [3.05, 3.63) is 75.3 Å². The van der Waals surface area contributed by atoms with E-state index < -0.39 is 11.0 Å². The lowest BCUT2D eigenvalue weighted by molar-refractivity contribution is -0.384. The zero-order chi connectivity index (χ0) is 13.4. The van der Waals surface area contributed by atoms with Gasteiger partial charge in [0, 0.05) is 12.1 Å². The van der Waals surface area contributed by atoms with Gasteiger partial charge in [-0.2, -0.15) is 0 Å². The van der Waals surface area contributed by atoms with Gasteiger partial charge >= 0.3 is 0 Å². The van der Waals surface area contributed by atoms with E-state index in [9.17, 15) is 15.2 Å². The first-order valence-electron chi connectivity index (χ1n) is 5.90. The van der Waals surface area contributed by atoms with Crippen molar-refractivity contribution >= 4 is 17.3 Å². The number of benzene rings is 2. The monoisotopic (exact) mass is 253 g/mol. The van der Waals surface area contributed by atoms with E-state index in [2.05, 4.69) is 0 Å². The lowest BCUT2D eigenvalue weighted by atomic mass is 10.0. The topological polar surface area (TPSA) is 63.4 Å². The van der Waals surface area contributed by atoms with Crippen LogP contribution in [0.4, 0.5) is 5.69 Å². The molecule has 0 radical (unpaired) electrons. The standard InChI is InChI=1S/C15H11NO3/c17-15-13-4-2-1-3-11(13)9-14(15)10-5-7-12(8-6-10)16(18)19/h1-9,15,17H. The third kappa shape index (κ3) is 1.92. The quantitative estimate of drug-likeness (QED) is 0.660. The highest BCUT2D eigenvalue weighted by molar-refractivity contribution is 5.90. The van der Waals surface area contributed by atoms with Crippen LogP contribution < -0.4 is 0 Å². The van der Waals surface area contributed by atoms with Gasteiger partial charge in [0.05, 0.1) is 4.92 Å². The summed E-state index contributed by atoms with van der Waals surface area (Å²) >= 11 is 0. The summed E-state index contributed by atoms with van der Waals surface area (Å²) in [5, 5.41) is 20.9. The van der Waals surface area contributed by atoms with E-state index >= 15 is 0 Å². The first kappa shape index (κ1) is 11.6. The van der Waals surface area contributed by atoms with Crippen molar-refractivity contribution in [3.63, 3.8) is 0 Å². The van der Waals surface area contributed by atoms with Crippen LogP contribution in [0.3, 0.4) is 0 Å². The molecule has 4 heteroatoms. The number of fused-ring (bicyclic) bond motifs is 1. The Labute approximate surface area is 109 Å². The summed E-state index contributed by atoms with van der Waals surface area (Å²) in [7, 11) is 0. The molecule has 3 rings (SSSR count). The van der Waals surface area contributed by atoms with E-state index in [0.29, 0.717) is 0 Å². The second-order valence-corrected chi connectivity index (χ2v) is 4.44. The van der Waals surface area contributed by atoms with Gasteiger partial charge in [0.1, 0.15) is 6.10 Å². The van der Waals surface area contributed by atoms with Crippen molar-refractivity contribution in [2.45, 2.75) is 6.10 Å². The summed E-state index contributed by atoms with van der Waals surface area (Å²) in [5.74, 6) is 0. The smallest absolute Gasteiger partial charge is 0.269 e. The highest BCUT2D eigenvalue weighted by Crippen LogP contribution is 2.40. The second-order valence-electron chi connectivity index (χ2n) is 4.44. The van der Waals surface area contributed by atoms with Gasteiger partial charge in [-0.15, -0.1) is 0 Å². The van der Waals surface area contributed by atoms with Crippen LogP contribution in [0.1, 0.15) is 22.8 Å². The number of aliphatic hydroxyl groups excluding tert-OH is 1. The Kier molecular flexibility index (Phi) is 2.65. The van der Waals surface area contributed by atoms with Crippen LogP contribution in [0.5, 0.6) is 0 Å². The Bertz CT molecular complexity index is 674. The van der Waals surface area contributed by atoms with Crippen LogP contribution in [-0.4, -0.2) is 10.0 Å². The molecule has 4 nitrogen and oxygen atoms in total. The van der Waals surface area contributed by atoms with E-state index in [1.54, 1.807) is 12.1 Å². The van der Waals surface area contributed by atoms with Crippen LogP contribution in [-0.2, 0) is 0 Å². The summed E-state index contributed by atoms with van der Waals surface area (Å²) in [6.07, 6.45) is 1.25. The molecule has 0 aromatic heterocycles. The van der Waals surface area contributed by atoms with Gasteiger partial charge in [0.25, 0.3) is 5.69 Å². The first-order valence-corrected chi connectivity index (χ1v) is 5.90. The minimum absolute atomic E-state index is 0.0503. The predicted molar refractivity (Wildman–Crippen MR) is 72.4 cm³/mol. The number of nitro benzene ring substituents is 1. The molecule has 1 N–H and O–H groups in total. The fourth-order valence-electron chi connectivity index (χ4n) is 2.32. The highest BCUT2D eigenvalue weighted by atomic mass is 16.6. The zero-order valence-electron chi connectivity index (χ0n) is 9.98. The third-order valence-corrected chi connectivity index (χ3v) is 3.31. The Morgan fingerprint density at radius 1 is 1.05 bits per heavy atom. The molecule has 0 amide bonds. The molecule has 2 aromatic carbocycles. The second kappa shape index (κ2) is 4.33. The molecule has 0 fully saturated rings. The lowest BCUT2D eigenvalue weighted by Gasteiger charge is -2.10. The summed E-state index contributed by atoms with van der Waals surface area (Å²) in [6, 6.07) is 13.9. The highest BCUT2D eigenvalue weighted by Gasteiger charge is 2.23. The molecule has 0 saturated heterocycles. The fraction of sp³-hybridized carbons (Fsp3) is 0.0667. The summed E-state index contributed by atoms with van der Waals surface area (Å²) < 4.78 is 0. The third-order valence-electron chi connectivity index (χ3n) is 3.31. The molecule has 0 heterocycles. The average Bonchev–Trinajstić information content (AvgIpc) is 2.77. The SMILES string of the molecule is O=[N+]([O-])c1ccc(C2=Cc3ccccc3C2O)cc1. The van der Waals surface area contributed by atoms with Crippen molar-refractivity contribution in [3.8, 4) is 0 Å². The van der Waals surface area contributed by atoms with E-state index in [0.717, 1.165) is 22.3 Å². The number of hydrogen-bond acceptors (Lipinski definition) is 3. The Morgan fingerprint density at radius 2 is 1.74 bits per heavy atom. The normalized spacial score (nSPS) is 16.9. The number of nitrogens with zero attached hydrogens (tertiary/aromatic N) is 1. The molecular weight excluding hydrogens is 242 g/mol. The molecule has 19 heavy (non-hydrogen) atoms. The summed E-state index contributed by atoms with van der Waals surface area (Å²) in [4.78, 5) is 10.2. The molecule has 1 unspecified atom stereocenters. The number of nitro groups is 1. The molecule has 1 aliphatic carbocycles. The molecular formula is C15H11NO3. The van der Waals surface area contributed by atoms with Gasteiger partial charge < -0.3 is 5.11 Å². The molecule has 2 aromatic rings. The van der Waals surface area contributed by atoms with Crippen molar-refractivity contribution in [2.24, 2.45) is 0 Å². The largest absolute Gasteiger partial charge is 0.384 e. The average molecular weight is 253 g/mol. The lowest BCUT2D eigenvalue weighted by Crippen LogP contribution is -1.97. The van der Waals surface area contributed by atoms with Crippen molar-refractivity contribution in [1.29, 1.82) is 0 Å². The van der Waals surface area contributed by atoms with E-state index in [1.807, 2.05) is 30.3 Å². The first-order chi connectivity index (χ1) is 9.16. The fourth-order valence-corrected chi connectivity index (χ4v) is 2.32. The van der Waals surface area contributed by atoms with Gasteiger partial charge in [-0.1, -0.05) is 24.3 Å². The van der Waals surface area contributed by atoms with Crippen LogP contribution in [0, 0.1) is 10.1 Å². The molecule has 94 valence electrons. The van der Waals surface area contributed by atoms with Gasteiger partial charge in [0.2, 0.25) is 0 Å². The molecule has 1 aliphatic rings. The maximum Gasteiger partial charge on any atom is 0.269 e. The van der Waals surface area contributed by atoms with Crippen LogP contribution in [0.15, 0.2) is 48.5 Å². The maximum atomic E-state index is 10.6. The molecule has 1 atom stereocenters. The van der Waals surface area contributed by atoms with E-state index in [4.69, 9.17) is 0 Å². The van der Waals surface area contributed by atoms with Gasteiger partial charge in [-0.3, -0.25) is 10.1 Å². The van der Waals surface area contributed by atoms with Crippen molar-refractivity contribution in [2.75, 3.05) is 0 Å². The Hall–Kier alpha value is -2.46. The van der Waals surface area contributed by atoms with E-state index in [-0.39, 0.29) is 5.69 Å². The van der Waals surface area contributed by atoms with Crippen LogP contribution in [0.25, 0.3) is 11.6 Å². The van der Waals surface area contributed by atoms with Crippen LogP contribution in [0.2, 0.25) is 0 Å². The summed E-state index contributed by atoms with van der Waals surface area (Å²) in [6.45, 7) is 0. The van der Waals surface area contributed by atoms with Crippen molar-refractivity contribution in [1.82, 2.24) is 0 Å². The number of non-ortho nitro benzene ring substituents is 1. The predicted octanol–water partition coefficient (Wildman–Crippen LogP) is 3.18. The number of hydrogen-bond donors (Lipinski definition) is 1. The minimum Gasteiger partial charge on any atom is -0.384 e. The van der Waals surface area contributed by atoms with Crippen LogP contribution >= 0.6 is 0 Å². The van der Waals surface area contributed by atoms with Crippen molar-refractivity contribution < 1.29 is 10.0 Å². The number of rotatable bonds is 2. The van der Waals surface area contributed by atoms with Gasteiger partial charge in [-0.05, 0) is 40.5 Å². The van der Waals surface area contributed by atoms with Gasteiger partial charge in [-0.25, -0.2) is 0 Å². The molecule has 0 aliphatic heterocycles. The summed E-state index contributed by atoms with van der Waals surface area (Å²) in [5.41, 5.74) is 3.49. The molecule has 0 saturated carbocycles. The molecule has 0 spiro atoms. The minimum atomic E-state index is -0.669.